The van der Waals surface area contributed by atoms with Crippen LogP contribution in [0.4, 0.5) is 0 Å². The lowest BCUT2D eigenvalue weighted by molar-refractivity contribution is 0.0942. The molecule has 0 bridgehead atoms. The summed E-state index contributed by atoms with van der Waals surface area (Å²) in [6.45, 7) is 0. The summed E-state index contributed by atoms with van der Waals surface area (Å²) in [5.41, 5.74) is 1.39. The van der Waals surface area contributed by atoms with Gasteiger partial charge in [0.1, 0.15) is 0 Å². The zero-order valence-corrected chi connectivity index (χ0v) is 11.9. The Morgan fingerprint density at radius 1 is 1.28 bits per heavy atom. The van der Waals surface area contributed by atoms with Gasteiger partial charge in [-0.15, -0.1) is 22.9 Å². The maximum absolute atomic E-state index is 12.2. The van der Waals surface area contributed by atoms with Gasteiger partial charge in [-0.3, -0.25) is 4.79 Å². The minimum Gasteiger partial charge on any atom is -0.347 e. The molecule has 1 aromatic heterocycles. The van der Waals surface area contributed by atoms with Gasteiger partial charge < -0.3 is 5.32 Å². The van der Waals surface area contributed by atoms with Crippen LogP contribution in [0, 0.1) is 0 Å². The topological polar surface area (TPSA) is 29.1 Å². The van der Waals surface area contributed by atoms with Crippen molar-refractivity contribution in [3.8, 4) is 0 Å². The molecule has 1 amide bonds. The summed E-state index contributed by atoms with van der Waals surface area (Å²) in [5.74, 6) is 0.0759. The van der Waals surface area contributed by atoms with E-state index in [1.807, 2.05) is 0 Å². The molecule has 98 valence electrons. The third-order valence-electron chi connectivity index (χ3n) is 3.97. The summed E-state index contributed by atoms with van der Waals surface area (Å²) in [6.07, 6.45) is 7.98. The van der Waals surface area contributed by atoms with Crippen LogP contribution in [0.1, 0.15) is 52.2 Å². The van der Waals surface area contributed by atoms with E-state index in [2.05, 4.69) is 11.4 Å². The maximum Gasteiger partial charge on any atom is 0.261 e. The molecule has 2 unspecified atom stereocenters. The van der Waals surface area contributed by atoms with E-state index in [0.29, 0.717) is 0 Å². The Morgan fingerprint density at radius 3 is 2.83 bits per heavy atom. The smallest absolute Gasteiger partial charge is 0.261 e. The summed E-state index contributed by atoms with van der Waals surface area (Å²) < 4.78 is 0. The molecule has 2 aliphatic carbocycles. The number of hydrogen-bond donors (Lipinski definition) is 1. The number of nitrogens with one attached hydrogen (secondary N) is 1. The number of aryl methyl sites for hydroxylation is 2. The fourth-order valence-corrected chi connectivity index (χ4v) is 4.42. The second kappa shape index (κ2) is 5.22. The summed E-state index contributed by atoms with van der Waals surface area (Å²) in [4.78, 5) is 14.5. The Balaban J connectivity index is 1.70. The van der Waals surface area contributed by atoms with Crippen molar-refractivity contribution in [3.63, 3.8) is 0 Å². The Bertz CT molecular complexity index is 433. The van der Waals surface area contributed by atoms with Crippen molar-refractivity contribution in [1.82, 2.24) is 5.32 Å². The molecule has 1 N–H and O–H groups in total. The van der Waals surface area contributed by atoms with Crippen molar-refractivity contribution >= 4 is 28.8 Å². The number of carbonyl (C=O) groups excluding carboxylic acids is 1. The molecule has 3 rings (SSSR count). The molecule has 2 atom stereocenters. The molecule has 0 aliphatic heterocycles. The highest BCUT2D eigenvalue weighted by Crippen LogP contribution is 2.30. The van der Waals surface area contributed by atoms with Crippen LogP contribution in [0.5, 0.6) is 0 Å². The van der Waals surface area contributed by atoms with Crippen LogP contribution in [0.15, 0.2) is 6.07 Å². The number of amides is 1. The number of halogens is 1. The van der Waals surface area contributed by atoms with Crippen LogP contribution in [0.2, 0.25) is 0 Å². The molecular weight excluding hydrogens is 266 g/mol. The minimum absolute atomic E-state index is 0.0759. The monoisotopic (exact) mass is 283 g/mol. The molecule has 1 fully saturated rings. The molecule has 2 aliphatic rings. The largest absolute Gasteiger partial charge is 0.347 e. The van der Waals surface area contributed by atoms with E-state index >= 15 is 0 Å². The predicted octanol–water partition coefficient (Wildman–Crippen LogP) is 3.52. The van der Waals surface area contributed by atoms with E-state index in [4.69, 9.17) is 11.6 Å². The van der Waals surface area contributed by atoms with Gasteiger partial charge in [-0.05, 0) is 56.6 Å². The fraction of sp³-hybridized carbons (Fsp3) is 0.643. The summed E-state index contributed by atoms with van der Waals surface area (Å²) in [7, 11) is 0. The van der Waals surface area contributed by atoms with Gasteiger partial charge >= 0.3 is 0 Å². The maximum atomic E-state index is 12.2. The Kier molecular flexibility index (Phi) is 3.62. The number of rotatable bonds is 2. The molecular formula is C14H18ClNOS. The molecule has 0 aromatic carbocycles. The molecule has 0 spiro atoms. The number of carbonyl (C=O) groups is 1. The van der Waals surface area contributed by atoms with Crippen LogP contribution in [0.25, 0.3) is 0 Å². The fourth-order valence-electron chi connectivity index (χ4n) is 2.92. The Labute approximate surface area is 117 Å². The molecule has 1 saturated carbocycles. The van der Waals surface area contributed by atoms with Crippen molar-refractivity contribution in [1.29, 1.82) is 0 Å². The highest BCUT2D eigenvalue weighted by atomic mass is 35.5. The first-order chi connectivity index (χ1) is 8.74. The van der Waals surface area contributed by atoms with Crippen molar-refractivity contribution in [2.45, 2.75) is 56.4 Å². The van der Waals surface area contributed by atoms with Crippen LogP contribution >= 0.6 is 22.9 Å². The van der Waals surface area contributed by atoms with E-state index in [1.165, 1.54) is 23.3 Å². The second-order valence-corrected chi connectivity index (χ2v) is 6.99. The standard InChI is InChI=1S/C14H18ClNOS/c15-10-5-3-6-11(10)16-14(17)13-8-9-4-1-2-7-12(9)18-13/h8,10-11H,1-7H2,(H,16,17). The first-order valence-electron chi connectivity index (χ1n) is 6.80. The number of fused-ring (bicyclic) bond motifs is 1. The lowest BCUT2D eigenvalue weighted by Gasteiger charge is -2.14. The van der Waals surface area contributed by atoms with Gasteiger partial charge in [-0.1, -0.05) is 0 Å². The van der Waals surface area contributed by atoms with Gasteiger partial charge in [0.15, 0.2) is 0 Å². The molecule has 1 heterocycles. The van der Waals surface area contributed by atoms with E-state index in [9.17, 15) is 4.79 Å². The lowest BCUT2D eigenvalue weighted by Crippen LogP contribution is -2.37. The normalized spacial score (nSPS) is 26.9. The minimum atomic E-state index is 0.0759. The average molecular weight is 284 g/mol. The average Bonchev–Trinajstić information content (AvgIpc) is 2.96. The number of thiophene rings is 1. The Hall–Kier alpha value is -0.540. The van der Waals surface area contributed by atoms with Gasteiger partial charge in [0.05, 0.1) is 10.3 Å². The molecule has 0 radical (unpaired) electrons. The quantitative estimate of drug-likeness (QED) is 0.827. The van der Waals surface area contributed by atoms with Crippen LogP contribution in [0.3, 0.4) is 0 Å². The summed E-state index contributed by atoms with van der Waals surface area (Å²) in [6, 6.07) is 2.26. The molecule has 4 heteroatoms. The molecule has 2 nitrogen and oxygen atoms in total. The summed E-state index contributed by atoms with van der Waals surface area (Å²) >= 11 is 7.87. The van der Waals surface area contributed by atoms with Gasteiger partial charge in [-0.25, -0.2) is 0 Å². The van der Waals surface area contributed by atoms with Gasteiger partial charge in [0.25, 0.3) is 5.91 Å². The van der Waals surface area contributed by atoms with Gasteiger partial charge in [0, 0.05) is 10.9 Å². The van der Waals surface area contributed by atoms with Gasteiger partial charge in [-0.2, -0.15) is 0 Å². The van der Waals surface area contributed by atoms with Crippen molar-refractivity contribution in [2.24, 2.45) is 0 Å². The third kappa shape index (κ3) is 2.43. The zero-order chi connectivity index (χ0) is 12.5. The highest BCUT2D eigenvalue weighted by Gasteiger charge is 2.27. The van der Waals surface area contributed by atoms with Crippen molar-refractivity contribution < 1.29 is 4.79 Å². The molecule has 0 saturated heterocycles. The number of alkyl halides is 1. The lowest BCUT2D eigenvalue weighted by atomic mass is 9.99. The van der Waals surface area contributed by atoms with Crippen LogP contribution < -0.4 is 5.32 Å². The molecule has 1 aromatic rings. The van der Waals surface area contributed by atoms with Crippen molar-refractivity contribution in [2.75, 3.05) is 0 Å². The SMILES string of the molecule is O=C(NC1CCCC1Cl)c1cc2c(s1)CCCC2. The van der Waals surface area contributed by atoms with E-state index in [1.54, 1.807) is 11.3 Å². The van der Waals surface area contributed by atoms with E-state index in [-0.39, 0.29) is 17.3 Å². The van der Waals surface area contributed by atoms with Gasteiger partial charge in [0.2, 0.25) is 0 Å². The Morgan fingerprint density at radius 2 is 2.11 bits per heavy atom. The van der Waals surface area contributed by atoms with Crippen LogP contribution in [-0.4, -0.2) is 17.3 Å². The zero-order valence-electron chi connectivity index (χ0n) is 10.4. The third-order valence-corrected chi connectivity index (χ3v) is 5.73. The highest BCUT2D eigenvalue weighted by molar-refractivity contribution is 7.14. The predicted molar refractivity (Wildman–Crippen MR) is 75.7 cm³/mol. The van der Waals surface area contributed by atoms with E-state index in [0.717, 1.165) is 37.0 Å². The second-order valence-electron chi connectivity index (χ2n) is 5.29. The van der Waals surface area contributed by atoms with Crippen molar-refractivity contribution in [3.05, 3.63) is 21.4 Å². The number of hydrogen-bond acceptors (Lipinski definition) is 2. The van der Waals surface area contributed by atoms with E-state index < -0.39 is 0 Å². The summed E-state index contributed by atoms with van der Waals surface area (Å²) in [5, 5.41) is 3.21. The first-order valence-corrected chi connectivity index (χ1v) is 8.06. The molecule has 18 heavy (non-hydrogen) atoms. The first kappa shape index (κ1) is 12.5. The van der Waals surface area contributed by atoms with Crippen LogP contribution in [-0.2, 0) is 12.8 Å².